The van der Waals surface area contributed by atoms with Crippen LogP contribution < -0.4 is 0 Å². The van der Waals surface area contributed by atoms with Crippen LogP contribution >= 0.6 is 23.2 Å². The van der Waals surface area contributed by atoms with Gasteiger partial charge in [-0.05, 0) is 60.6 Å². The second-order valence-electron chi connectivity index (χ2n) is 8.30. The molecule has 4 rings (SSSR count). The van der Waals surface area contributed by atoms with E-state index in [9.17, 15) is 9.59 Å². The topological polar surface area (TPSA) is 46.6 Å². The van der Waals surface area contributed by atoms with Crippen molar-refractivity contribution in [2.75, 3.05) is 13.7 Å². The lowest BCUT2D eigenvalue weighted by Gasteiger charge is -2.45. The van der Waals surface area contributed by atoms with Gasteiger partial charge >= 0.3 is 5.97 Å². The molecule has 0 N–H and O–H groups in total. The van der Waals surface area contributed by atoms with Crippen LogP contribution in [0.3, 0.4) is 0 Å². The van der Waals surface area contributed by atoms with Crippen molar-refractivity contribution in [3.05, 3.63) is 69.7 Å². The van der Waals surface area contributed by atoms with E-state index < -0.39 is 5.92 Å². The van der Waals surface area contributed by atoms with Gasteiger partial charge < -0.3 is 9.64 Å². The molecule has 1 saturated heterocycles. The summed E-state index contributed by atoms with van der Waals surface area (Å²) >= 11 is 12.4. The third-order valence-electron chi connectivity index (χ3n) is 6.17. The van der Waals surface area contributed by atoms with E-state index in [1.165, 1.54) is 7.11 Å². The zero-order valence-electron chi connectivity index (χ0n) is 16.9. The van der Waals surface area contributed by atoms with Crippen molar-refractivity contribution in [3.63, 3.8) is 0 Å². The Morgan fingerprint density at radius 1 is 1.07 bits per heavy atom. The third-order valence-corrected chi connectivity index (χ3v) is 6.66. The Hall–Kier alpha value is -2.04. The van der Waals surface area contributed by atoms with Crippen molar-refractivity contribution in [1.29, 1.82) is 0 Å². The van der Waals surface area contributed by atoms with Crippen LogP contribution in [0.2, 0.25) is 10.0 Å². The first-order valence-corrected chi connectivity index (χ1v) is 11.1. The molecule has 3 atom stereocenters. The SMILES string of the molecule is COC(=O)C[C@H]1C[C@H](c2cccc(Cl)c2)[C@@H](c2ccc(Cl)cc2)N(CC2CC2)C1=O. The highest BCUT2D eigenvalue weighted by Gasteiger charge is 2.45. The van der Waals surface area contributed by atoms with E-state index in [1.54, 1.807) is 0 Å². The maximum atomic E-state index is 13.5. The van der Waals surface area contributed by atoms with Gasteiger partial charge in [0.15, 0.2) is 0 Å². The van der Waals surface area contributed by atoms with E-state index in [0.29, 0.717) is 28.9 Å². The molecule has 0 bridgehead atoms. The number of carbonyl (C=O) groups is 2. The van der Waals surface area contributed by atoms with Crippen molar-refractivity contribution >= 4 is 35.1 Å². The van der Waals surface area contributed by atoms with Crippen LogP contribution in [0.4, 0.5) is 0 Å². The number of piperidine rings is 1. The fraction of sp³-hybridized carbons (Fsp3) is 0.417. The number of amides is 1. The van der Waals surface area contributed by atoms with Crippen molar-refractivity contribution in [1.82, 2.24) is 4.90 Å². The number of rotatable bonds is 6. The molecule has 0 unspecified atom stereocenters. The standard InChI is InChI=1S/C24H25Cl2NO3/c1-30-22(28)13-18-12-21(17-3-2-4-20(26)11-17)23(16-7-9-19(25)10-8-16)27(24(18)29)14-15-5-6-15/h2-4,7-11,15,18,21,23H,5-6,12-14H2,1H3/t18-,21-,23-/m1/s1. The quantitative estimate of drug-likeness (QED) is 0.540. The molecular formula is C24H25Cl2NO3. The van der Waals surface area contributed by atoms with E-state index in [0.717, 1.165) is 24.0 Å². The van der Waals surface area contributed by atoms with Gasteiger partial charge in [-0.2, -0.15) is 0 Å². The Morgan fingerprint density at radius 3 is 2.43 bits per heavy atom. The number of hydrogen-bond acceptors (Lipinski definition) is 3. The lowest BCUT2D eigenvalue weighted by Crippen LogP contribution is -2.48. The molecule has 2 aromatic carbocycles. The molecule has 0 spiro atoms. The molecule has 2 fully saturated rings. The molecule has 1 amide bonds. The van der Waals surface area contributed by atoms with Crippen LogP contribution in [0.5, 0.6) is 0 Å². The number of likely N-dealkylation sites (tertiary alicyclic amines) is 1. The zero-order valence-corrected chi connectivity index (χ0v) is 18.4. The molecule has 30 heavy (non-hydrogen) atoms. The van der Waals surface area contributed by atoms with Crippen LogP contribution in [0, 0.1) is 11.8 Å². The first kappa shape index (κ1) is 21.2. The molecule has 0 aromatic heterocycles. The largest absolute Gasteiger partial charge is 0.469 e. The number of ether oxygens (including phenoxy) is 1. The monoisotopic (exact) mass is 445 g/mol. The molecule has 2 aliphatic rings. The normalized spacial score (nSPS) is 24.0. The third kappa shape index (κ3) is 4.65. The van der Waals surface area contributed by atoms with Gasteiger partial charge in [-0.1, -0.05) is 47.5 Å². The van der Waals surface area contributed by atoms with Gasteiger partial charge in [-0.15, -0.1) is 0 Å². The molecule has 2 aromatic rings. The average Bonchev–Trinajstić information content (AvgIpc) is 3.55. The van der Waals surface area contributed by atoms with Crippen LogP contribution in [0.1, 0.15) is 48.8 Å². The number of halogens is 2. The maximum absolute atomic E-state index is 13.5. The lowest BCUT2D eigenvalue weighted by molar-refractivity contribution is -0.151. The molecule has 1 aliphatic heterocycles. The number of benzene rings is 2. The second kappa shape index (κ2) is 8.99. The van der Waals surface area contributed by atoms with Crippen molar-refractivity contribution in [2.24, 2.45) is 11.8 Å². The van der Waals surface area contributed by atoms with E-state index >= 15 is 0 Å². The number of hydrogen-bond donors (Lipinski definition) is 0. The summed E-state index contributed by atoms with van der Waals surface area (Å²) in [5.74, 6) is -0.166. The minimum Gasteiger partial charge on any atom is -0.469 e. The summed E-state index contributed by atoms with van der Waals surface area (Å²) in [5.41, 5.74) is 2.13. The van der Waals surface area contributed by atoms with Gasteiger partial charge in [0, 0.05) is 28.4 Å². The Labute approximate surface area is 187 Å². The minimum absolute atomic E-state index is 0.0241. The number of methoxy groups -OCH3 is 1. The van der Waals surface area contributed by atoms with Gasteiger partial charge in [0.25, 0.3) is 0 Å². The lowest BCUT2D eigenvalue weighted by atomic mass is 9.75. The number of nitrogens with zero attached hydrogens (tertiary/aromatic N) is 1. The summed E-state index contributed by atoms with van der Waals surface area (Å²) in [6.07, 6.45) is 2.95. The molecule has 158 valence electrons. The summed E-state index contributed by atoms with van der Waals surface area (Å²) in [6, 6.07) is 15.4. The molecule has 4 nitrogen and oxygen atoms in total. The van der Waals surface area contributed by atoms with Crippen LogP contribution in [-0.2, 0) is 14.3 Å². The van der Waals surface area contributed by atoms with Crippen LogP contribution in [0.25, 0.3) is 0 Å². The van der Waals surface area contributed by atoms with Gasteiger partial charge in [-0.3, -0.25) is 9.59 Å². The van der Waals surface area contributed by atoms with Gasteiger partial charge in [-0.25, -0.2) is 0 Å². The second-order valence-corrected chi connectivity index (χ2v) is 9.18. The van der Waals surface area contributed by atoms with E-state index in [2.05, 4.69) is 6.07 Å². The van der Waals surface area contributed by atoms with Crippen LogP contribution in [-0.4, -0.2) is 30.4 Å². The summed E-state index contributed by atoms with van der Waals surface area (Å²) < 4.78 is 4.87. The maximum Gasteiger partial charge on any atom is 0.306 e. The first-order valence-electron chi connectivity index (χ1n) is 10.3. The van der Waals surface area contributed by atoms with Gasteiger partial charge in [0.05, 0.1) is 19.6 Å². The summed E-state index contributed by atoms with van der Waals surface area (Å²) in [6.45, 7) is 0.709. The molecule has 0 radical (unpaired) electrons. The summed E-state index contributed by atoms with van der Waals surface area (Å²) in [7, 11) is 1.36. The fourth-order valence-corrected chi connectivity index (χ4v) is 4.81. The van der Waals surface area contributed by atoms with E-state index in [-0.39, 0.29) is 30.3 Å². The first-order chi connectivity index (χ1) is 14.5. The van der Waals surface area contributed by atoms with Crippen molar-refractivity contribution in [3.8, 4) is 0 Å². The van der Waals surface area contributed by atoms with Crippen molar-refractivity contribution < 1.29 is 14.3 Å². The number of esters is 1. The Balaban J connectivity index is 1.77. The minimum atomic E-state index is -0.399. The Morgan fingerprint density at radius 2 is 1.80 bits per heavy atom. The predicted molar refractivity (Wildman–Crippen MR) is 118 cm³/mol. The van der Waals surface area contributed by atoms with Crippen LogP contribution in [0.15, 0.2) is 48.5 Å². The molecule has 6 heteroatoms. The number of carbonyl (C=O) groups excluding carboxylic acids is 2. The molecule has 1 aliphatic carbocycles. The van der Waals surface area contributed by atoms with Gasteiger partial charge in [0.1, 0.15) is 0 Å². The Bertz CT molecular complexity index is 926. The molecule has 1 saturated carbocycles. The highest BCUT2D eigenvalue weighted by Crippen LogP contribution is 2.48. The summed E-state index contributed by atoms with van der Waals surface area (Å²) in [5, 5.41) is 1.33. The van der Waals surface area contributed by atoms with Gasteiger partial charge in [0.2, 0.25) is 5.91 Å². The molecular weight excluding hydrogens is 421 g/mol. The highest BCUT2D eigenvalue weighted by atomic mass is 35.5. The average molecular weight is 446 g/mol. The van der Waals surface area contributed by atoms with E-state index in [4.69, 9.17) is 27.9 Å². The smallest absolute Gasteiger partial charge is 0.306 e. The summed E-state index contributed by atoms with van der Waals surface area (Å²) in [4.78, 5) is 27.5. The molecule has 1 heterocycles. The predicted octanol–water partition coefficient (Wildman–Crippen LogP) is 5.64. The zero-order chi connectivity index (χ0) is 21.3. The van der Waals surface area contributed by atoms with E-state index in [1.807, 2.05) is 47.4 Å². The highest BCUT2D eigenvalue weighted by molar-refractivity contribution is 6.30. The Kier molecular flexibility index (Phi) is 6.35. The van der Waals surface area contributed by atoms with Crippen molar-refractivity contribution in [2.45, 2.75) is 37.6 Å². The fourth-order valence-electron chi connectivity index (χ4n) is 4.49.